The van der Waals surface area contributed by atoms with Gasteiger partial charge in [-0.1, -0.05) is 49.4 Å². The van der Waals surface area contributed by atoms with Crippen molar-refractivity contribution in [2.24, 2.45) is 5.92 Å². The molecule has 0 fully saturated rings. The summed E-state index contributed by atoms with van der Waals surface area (Å²) in [5, 5.41) is 4.95. The fraction of sp³-hybridized carbons (Fsp3) is 0.143. The zero-order valence-corrected chi connectivity index (χ0v) is 15.1. The third-order valence-electron chi connectivity index (χ3n) is 4.31. The van der Waals surface area contributed by atoms with Crippen molar-refractivity contribution in [2.45, 2.75) is 13.0 Å². The Morgan fingerprint density at radius 1 is 0.960 bits per heavy atom. The number of rotatable bonds is 7. The maximum atomic E-state index is 14.2. The van der Waals surface area contributed by atoms with Gasteiger partial charge < -0.3 is 4.42 Å². The third kappa shape index (κ3) is 3.68. The highest BCUT2D eigenvalue weighted by Crippen LogP contribution is 2.43. The first-order valence-corrected chi connectivity index (χ1v) is 10.0. The van der Waals surface area contributed by atoms with Crippen molar-refractivity contribution < 1.29 is 8.98 Å². The summed E-state index contributed by atoms with van der Waals surface area (Å²) in [5.74, 6) is 0.798. The normalized spacial score (nSPS) is 14.0. The first-order chi connectivity index (χ1) is 12.1. The van der Waals surface area contributed by atoms with Gasteiger partial charge in [-0.25, -0.2) is 5.09 Å². The van der Waals surface area contributed by atoms with Gasteiger partial charge >= 0.3 is 0 Å². The Bertz CT molecular complexity index is 801. The lowest BCUT2D eigenvalue weighted by Crippen LogP contribution is -2.32. The standard InChI is InChI=1S/C21H22NO2P/c1-3-17(2)21(20-15-10-16-24-20)22-25(23,18-11-6-4-7-12-18)19-13-8-5-9-14-19/h3-17,21H,1H2,2H3,(H,22,23). The molecule has 3 rings (SSSR count). The van der Waals surface area contributed by atoms with Crippen LogP contribution in [0, 0.1) is 5.92 Å². The Morgan fingerprint density at radius 2 is 1.52 bits per heavy atom. The van der Waals surface area contributed by atoms with Crippen molar-refractivity contribution in [2.75, 3.05) is 0 Å². The molecule has 0 spiro atoms. The zero-order chi connectivity index (χ0) is 17.7. The van der Waals surface area contributed by atoms with Gasteiger partial charge in [-0.15, -0.1) is 6.58 Å². The number of furan rings is 1. The highest BCUT2D eigenvalue weighted by molar-refractivity contribution is 7.76. The Morgan fingerprint density at radius 3 is 1.96 bits per heavy atom. The Kier molecular flexibility index (Phi) is 5.37. The van der Waals surface area contributed by atoms with Crippen LogP contribution in [0.4, 0.5) is 0 Å². The molecule has 0 saturated heterocycles. The second kappa shape index (κ2) is 7.69. The van der Waals surface area contributed by atoms with Crippen molar-refractivity contribution >= 4 is 17.9 Å². The third-order valence-corrected chi connectivity index (χ3v) is 7.00. The summed E-state index contributed by atoms with van der Waals surface area (Å²) < 4.78 is 19.8. The summed E-state index contributed by atoms with van der Waals surface area (Å²) in [6, 6.07) is 22.6. The lowest BCUT2D eigenvalue weighted by molar-refractivity contribution is 0.400. The van der Waals surface area contributed by atoms with Gasteiger partial charge in [0.05, 0.1) is 12.3 Å². The van der Waals surface area contributed by atoms with E-state index in [1.54, 1.807) is 6.26 Å². The van der Waals surface area contributed by atoms with E-state index in [1.807, 2.05) is 85.8 Å². The molecule has 2 aromatic carbocycles. The monoisotopic (exact) mass is 351 g/mol. The maximum Gasteiger partial charge on any atom is 0.205 e. The van der Waals surface area contributed by atoms with Crippen LogP contribution in [0.1, 0.15) is 18.7 Å². The second-order valence-electron chi connectivity index (χ2n) is 6.00. The number of nitrogens with one attached hydrogen (secondary N) is 1. The van der Waals surface area contributed by atoms with Crippen LogP contribution in [-0.4, -0.2) is 0 Å². The first kappa shape index (κ1) is 17.5. The van der Waals surface area contributed by atoms with Gasteiger partial charge in [0.2, 0.25) is 7.29 Å². The van der Waals surface area contributed by atoms with E-state index in [2.05, 4.69) is 11.7 Å². The Balaban J connectivity index is 2.09. The summed E-state index contributed by atoms with van der Waals surface area (Å²) in [4.78, 5) is 0. The molecule has 1 N–H and O–H groups in total. The summed E-state index contributed by atoms with van der Waals surface area (Å²) in [6.45, 7) is 5.93. The summed E-state index contributed by atoms with van der Waals surface area (Å²) >= 11 is 0. The van der Waals surface area contributed by atoms with E-state index < -0.39 is 7.29 Å². The van der Waals surface area contributed by atoms with Gasteiger partial charge in [-0.2, -0.15) is 0 Å². The van der Waals surface area contributed by atoms with E-state index >= 15 is 0 Å². The lowest BCUT2D eigenvalue weighted by Gasteiger charge is -2.28. The molecule has 128 valence electrons. The predicted molar refractivity (Wildman–Crippen MR) is 104 cm³/mol. The van der Waals surface area contributed by atoms with Crippen molar-refractivity contribution in [3.8, 4) is 0 Å². The summed E-state index contributed by atoms with van der Waals surface area (Å²) in [6.07, 6.45) is 3.48. The molecule has 2 atom stereocenters. The molecule has 0 bridgehead atoms. The molecule has 4 heteroatoms. The highest BCUT2D eigenvalue weighted by atomic mass is 31.2. The quantitative estimate of drug-likeness (QED) is 0.497. The van der Waals surface area contributed by atoms with E-state index in [1.165, 1.54) is 0 Å². The highest BCUT2D eigenvalue weighted by Gasteiger charge is 2.33. The van der Waals surface area contributed by atoms with E-state index in [4.69, 9.17) is 4.42 Å². The molecule has 0 aliphatic carbocycles. The molecule has 25 heavy (non-hydrogen) atoms. The first-order valence-electron chi connectivity index (χ1n) is 8.30. The smallest absolute Gasteiger partial charge is 0.205 e. The summed E-state index contributed by atoms with van der Waals surface area (Å²) in [7, 11) is -3.05. The molecular weight excluding hydrogens is 329 g/mol. The van der Waals surface area contributed by atoms with Crippen LogP contribution in [0.3, 0.4) is 0 Å². The van der Waals surface area contributed by atoms with Crippen LogP contribution < -0.4 is 15.7 Å². The fourth-order valence-corrected chi connectivity index (χ4v) is 5.35. The summed E-state index contributed by atoms with van der Waals surface area (Å²) in [5.41, 5.74) is 0. The van der Waals surface area contributed by atoms with Gasteiger partial charge in [-0.05, 0) is 42.3 Å². The van der Waals surface area contributed by atoms with Gasteiger partial charge in [0.15, 0.2) is 0 Å². The minimum Gasteiger partial charge on any atom is -0.468 e. The number of benzene rings is 2. The average Bonchev–Trinajstić information content (AvgIpc) is 3.21. The van der Waals surface area contributed by atoms with Crippen molar-refractivity contribution in [1.82, 2.24) is 5.09 Å². The molecule has 1 heterocycles. The molecule has 0 aliphatic heterocycles. The lowest BCUT2D eigenvalue weighted by atomic mass is 10.0. The number of hydrogen-bond donors (Lipinski definition) is 1. The van der Waals surface area contributed by atoms with Crippen LogP contribution in [0.15, 0.2) is 96.1 Å². The zero-order valence-electron chi connectivity index (χ0n) is 14.2. The van der Waals surface area contributed by atoms with Crippen molar-refractivity contribution in [3.05, 3.63) is 97.5 Å². The Hall–Kier alpha value is -2.35. The van der Waals surface area contributed by atoms with E-state index in [9.17, 15) is 4.57 Å². The van der Waals surface area contributed by atoms with Gasteiger partial charge in [0.1, 0.15) is 5.76 Å². The molecule has 3 aromatic rings. The molecule has 0 aliphatic rings. The minimum absolute atomic E-state index is 0.0481. The van der Waals surface area contributed by atoms with E-state index in [-0.39, 0.29) is 12.0 Å². The second-order valence-corrected chi connectivity index (χ2v) is 8.51. The van der Waals surface area contributed by atoms with Crippen LogP contribution in [-0.2, 0) is 4.57 Å². The van der Waals surface area contributed by atoms with Gasteiger partial charge in [0, 0.05) is 10.6 Å². The van der Waals surface area contributed by atoms with Crippen LogP contribution in [0.2, 0.25) is 0 Å². The number of hydrogen-bond acceptors (Lipinski definition) is 2. The molecular formula is C21H22NO2P. The molecule has 0 saturated carbocycles. The molecule has 3 nitrogen and oxygen atoms in total. The van der Waals surface area contributed by atoms with E-state index in [0.717, 1.165) is 16.4 Å². The van der Waals surface area contributed by atoms with Gasteiger partial charge in [0.25, 0.3) is 0 Å². The van der Waals surface area contributed by atoms with Crippen LogP contribution >= 0.6 is 7.29 Å². The fourth-order valence-electron chi connectivity index (χ4n) is 2.81. The van der Waals surface area contributed by atoms with Crippen LogP contribution in [0.5, 0.6) is 0 Å². The van der Waals surface area contributed by atoms with Gasteiger partial charge in [-0.3, -0.25) is 4.57 Å². The molecule has 2 unspecified atom stereocenters. The average molecular weight is 351 g/mol. The SMILES string of the molecule is C=CC(C)C(NP(=O)(c1ccccc1)c1ccccc1)c1ccco1. The minimum atomic E-state index is -3.05. The topological polar surface area (TPSA) is 42.2 Å². The molecule has 0 amide bonds. The predicted octanol–water partition coefficient (Wildman–Crippen LogP) is 4.66. The molecule has 1 aromatic heterocycles. The van der Waals surface area contributed by atoms with E-state index in [0.29, 0.717) is 0 Å². The van der Waals surface area contributed by atoms with Crippen molar-refractivity contribution in [1.29, 1.82) is 0 Å². The largest absolute Gasteiger partial charge is 0.468 e. The Labute approximate surface area is 148 Å². The molecule has 0 radical (unpaired) electrons. The maximum absolute atomic E-state index is 14.2. The van der Waals surface area contributed by atoms with Crippen LogP contribution in [0.25, 0.3) is 0 Å². The van der Waals surface area contributed by atoms with Crippen molar-refractivity contribution in [3.63, 3.8) is 0 Å².